The Balaban J connectivity index is 3.91. The second kappa shape index (κ2) is 11.6. The molecular weight excluding hydrogens is 254 g/mol. The van der Waals surface area contributed by atoms with Crippen molar-refractivity contribution in [3.05, 3.63) is 0 Å². The van der Waals surface area contributed by atoms with Crippen molar-refractivity contribution >= 4 is 15.0 Å². The number of hydrogen-bond acceptors (Lipinski definition) is 3. The van der Waals surface area contributed by atoms with Crippen LogP contribution in [0.3, 0.4) is 0 Å². The van der Waals surface area contributed by atoms with Crippen molar-refractivity contribution in [2.24, 2.45) is 10.9 Å². The van der Waals surface area contributed by atoms with Gasteiger partial charge in [-0.25, -0.2) is 0 Å². The lowest BCUT2D eigenvalue weighted by molar-refractivity contribution is 0.212. The van der Waals surface area contributed by atoms with Gasteiger partial charge in [-0.05, 0) is 58.9 Å². The van der Waals surface area contributed by atoms with Crippen molar-refractivity contribution in [1.29, 1.82) is 0 Å². The first kappa shape index (κ1) is 18.8. The lowest BCUT2D eigenvalue weighted by Gasteiger charge is -2.15. The smallest absolute Gasteiger partial charge is 0.321 e. The molecule has 0 saturated heterocycles. The van der Waals surface area contributed by atoms with E-state index in [9.17, 15) is 0 Å². The van der Waals surface area contributed by atoms with Crippen molar-refractivity contribution in [2.45, 2.75) is 72.9 Å². The Labute approximate surface area is 121 Å². The fraction of sp³-hybridized carbons (Fsp3) is 0.933. The summed E-state index contributed by atoms with van der Waals surface area (Å²) in [7, 11) is -1.40. The zero-order valence-electron chi connectivity index (χ0n) is 13.7. The van der Waals surface area contributed by atoms with Gasteiger partial charge in [0.05, 0.1) is 0 Å². The fourth-order valence-corrected chi connectivity index (χ4v) is 3.99. The van der Waals surface area contributed by atoms with Gasteiger partial charge in [-0.15, -0.1) is 0 Å². The quantitative estimate of drug-likeness (QED) is 0.425. The first-order valence-electron chi connectivity index (χ1n) is 7.76. The van der Waals surface area contributed by atoms with E-state index in [2.05, 4.69) is 27.7 Å². The number of aliphatic imine (C=N–C) groups is 1. The molecule has 0 radical (unpaired) electrons. The highest BCUT2D eigenvalue weighted by molar-refractivity contribution is 6.44. The third-order valence-electron chi connectivity index (χ3n) is 2.91. The van der Waals surface area contributed by atoms with Crippen LogP contribution < -0.4 is 0 Å². The molecule has 0 aliphatic carbocycles. The van der Waals surface area contributed by atoms with Gasteiger partial charge in [0.2, 0.25) is 0 Å². The van der Waals surface area contributed by atoms with Gasteiger partial charge in [0, 0.05) is 25.0 Å². The zero-order valence-corrected chi connectivity index (χ0v) is 14.9. The molecule has 3 nitrogen and oxygen atoms in total. The maximum Gasteiger partial charge on any atom is 0.321 e. The lowest BCUT2D eigenvalue weighted by atomic mass is 10.1. The molecule has 0 spiro atoms. The Bertz CT molecular complexity index is 238. The minimum absolute atomic E-state index is 0.427. The molecule has 0 N–H and O–H groups in total. The van der Waals surface area contributed by atoms with Crippen molar-refractivity contribution in [3.63, 3.8) is 0 Å². The highest BCUT2D eigenvalue weighted by Crippen LogP contribution is 2.11. The molecule has 0 heterocycles. The summed E-state index contributed by atoms with van der Waals surface area (Å²) in [6.45, 7) is 14.5. The summed E-state index contributed by atoms with van der Waals surface area (Å²) >= 11 is 0. The van der Waals surface area contributed by atoms with Gasteiger partial charge < -0.3 is 8.85 Å². The van der Waals surface area contributed by atoms with Crippen LogP contribution in [-0.2, 0) is 8.85 Å². The molecule has 0 amide bonds. The van der Waals surface area contributed by atoms with Gasteiger partial charge in [-0.1, -0.05) is 13.8 Å². The summed E-state index contributed by atoms with van der Waals surface area (Å²) in [5, 5.41) is 0. The molecule has 114 valence electrons. The van der Waals surface area contributed by atoms with E-state index in [0.717, 1.165) is 38.5 Å². The summed E-state index contributed by atoms with van der Waals surface area (Å²) in [4.78, 5) is 4.76. The van der Waals surface area contributed by atoms with Crippen LogP contribution in [0.25, 0.3) is 0 Å². The van der Waals surface area contributed by atoms with Crippen molar-refractivity contribution in [1.82, 2.24) is 0 Å². The third kappa shape index (κ3) is 11.3. The van der Waals surface area contributed by atoms with Gasteiger partial charge in [0.25, 0.3) is 0 Å². The first-order chi connectivity index (χ1) is 8.99. The highest BCUT2D eigenvalue weighted by atomic mass is 28.3. The van der Waals surface area contributed by atoms with Crippen LogP contribution in [0, 0.1) is 5.92 Å². The van der Waals surface area contributed by atoms with Gasteiger partial charge in [-0.3, -0.25) is 4.99 Å². The van der Waals surface area contributed by atoms with E-state index in [0.29, 0.717) is 12.0 Å². The second-order valence-electron chi connectivity index (χ2n) is 5.58. The lowest BCUT2D eigenvalue weighted by Crippen LogP contribution is -2.23. The highest BCUT2D eigenvalue weighted by Gasteiger charge is 2.12. The molecule has 19 heavy (non-hydrogen) atoms. The average Bonchev–Trinajstić information content (AvgIpc) is 2.28. The van der Waals surface area contributed by atoms with Crippen molar-refractivity contribution < 1.29 is 8.85 Å². The molecule has 0 aromatic heterocycles. The monoisotopic (exact) mass is 287 g/mol. The van der Waals surface area contributed by atoms with E-state index in [1.165, 1.54) is 5.71 Å². The Morgan fingerprint density at radius 3 is 2.16 bits per heavy atom. The van der Waals surface area contributed by atoms with Crippen LogP contribution >= 0.6 is 0 Å². The fourth-order valence-electron chi connectivity index (χ4n) is 2.25. The average molecular weight is 288 g/mol. The molecule has 1 atom stereocenters. The molecule has 0 rings (SSSR count). The molecule has 0 aliphatic rings. The third-order valence-corrected chi connectivity index (χ3v) is 5.20. The maximum atomic E-state index is 5.68. The Kier molecular flexibility index (Phi) is 11.5. The van der Waals surface area contributed by atoms with E-state index < -0.39 is 9.28 Å². The standard InChI is InChI=1S/C15H33NO2Si/c1-7-17-19(18-8-2)11-9-10-14(5)16-15(6)12-13(3)4/h13-14,19H,7-12H2,1-6H3. The number of hydrogen-bond donors (Lipinski definition) is 0. The summed E-state index contributed by atoms with van der Waals surface area (Å²) in [5.41, 5.74) is 1.28. The van der Waals surface area contributed by atoms with Gasteiger partial charge in [0.1, 0.15) is 0 Å². The van der Waals surface area contributed by atoms with E-state index in [1.807, 2.05) is 13.8 Å². The summed E-state index contributed by atoms with van der Waals surface area (Å²) in [6, 6.07) is 1.53. The van der Waals surface area contributed by atoms with Gasteiger partial charge in [0.15, 0.2) is 0 Å². The van der Waals surface area contributed by atoms with E-state index >= 15 is 0 Å². The summed E-state index contributed by atoms with van der Waals surface area (Å²) in [5.74, 6) is 0.698. The van der Waals surface area contributed by atoms with Crippen LogP contribution in [0.4, 0.5) is 0 Å². The predicted octanol–water partition coefficient (Wildman–Crippen LogP) is 3.96. The molecule has 0 aliphatic heterocycles. The number of nitrogens with zero attached hydrogens (tertiary/aromatic N) is 1. The Morgan fingerprint density at radius 2 is 1.68 bits per heavy atom. The van der Waals surface area contributed by atoms with E-state index in [1.54, 1.807) is 0 Å². The van der Waals surface area contributed by atoms with Crippen LogP contribution in [0.2, 0.25) is 6.04 Å². The first-order valence-corrected chi connectivity index (χ1v) is 9.51. The maximum absolute atomic E-state index is 5.68. The molecule has 0 fully saturated rings. The van der Waals surface area contributed by atoms with E-state index in [4.69, 9.17) is 13.8 Å². The molecule has 0 aromatic rings. The van der Waals surface area contributed by atoms with Crippen molar-refractivity contribution in [3.8, 4) is 0 Å². The minimum Gasteiger partial charge on any atom is -0.397 e. The normalized spacial score (nSPS) is 14.4. The number of rotatable bonds is 11. The van der Waals surface area contributed by atoms with Crippen LogP contribution in [0.1, 0.15) is 60.8 Å². The van der Waals surface area contributed by atoms with E-state index in [-0.39, 0.29) is 0 Å². The van der Waals surface area contributed by atoms with Gasteiger partial charge >= 0.3 is 9.28 Å². The molecule has 0 bridgehead atoms. The second-order valence-corrected chi connectivity index (χ2v) is 7.69. The van der Waals surface area contributed by atoms with Crippen LogP contribution in [-0.4, -0.2) is 34.3 Å². The topological polar surface area (TPSA) is 30.8 Å². The molecule has 4 heteroatoms. The molecule has 0 saturated carbocycles. The summed E-state index contributed by atoms with van der Waals surface area (Å²) < 4.78 is 11.4. The van der Waals surface area contributed by atoms with Crippen molar-refractivity contribution in [2.75, 3.05) is 13.2 Å². The summed E-state index contributed by atoms with van der Waals surface area (Å²) in [6.07, 6.45) is 3.41. The minimum atomic E-state index is -1.40. The molecular formula is C15H33NO2Si. The molecule has 1 unspecified atom stereocenters. The van der Waals surface area contributed by atoms with Gasteiger partial charge in [-0.2, -0.15) is 0 Å². The SMILES string of the molecule is CCO[SiH](CCCC(C)N=C(C)CC(C)C)OCC. The zero-order chi connectivity index (χ0) is 14.7. The Hall–Kier alpha value is -0.193. The predicted molar refractivity (Wildman–Crippen MR) is 86.5 cm³/mol. The molecule has 0 aromatic carbocycles. The Morgan fingerprint density at radius 1 is 1.11 bits per heavy atom. The van der Waals surface area contributed by atoms with Crippen LogP contribution in [0.5, 0.6) is 0 Å². The largest absolute Gasteiger partial charge is 0.397 e. The van der Waals surface area contributed by atoms with Crippen LogP contribution in [0.15, 0.2) is 4.99 Å².